The number of H-pyrrole nitrogens is 1. The van der Waals surface area contributed by atoms with Crippen LogP contribution in [0.2, 0.25) is 5.02 Å². The molecule has 18 heavy (non-hydrogen) atoms. The van der Waals surface area contributed by atoms with Gasteiger partial charge >= 0.3 is 0 Å². The second kappa shape index (κ2) is 3.78. The lowest BCUT2D eigenvalue weighted by atomic mass is 10.2. The third kappa shape index (κ3) is 1.57. The Kier molecular flexibility index (Phi) is 2.35. The number of hydrogen-bond acceptors (Lipinski definition) is 2. The predicted molar refractivity (Wildman–Crippen MR) is 71.1 cm³/mol. The summed E-state index contributed by atoms with van der Waals surface area (Å²) in [6, 6.07) is 7.22. The molecule has 0 fully saturated rings. The summed E-state index contributed by atoms with van der Waals surface area (Å²) in [6.07, 6.45) is 0. The van der Waals surface area contributed by atoms with Crippen molar-refractivity contribution in [2.24, 2.45) is 0 Å². The first-order valence-electron chi connectivity index (χ1n) is 5.48. The van der Waals surface area contributed by atoms with Crippen LogP contribution in [0, 0.1) is 0 Å². The molecule has 0 atom stereocenters. The van der Waals surface area contributed by atoms with E-state index in [-0.39, 0.29) is 5.91 Å². The summed E-state index contributed by atoms with van der Waals surface area (Å²) in [4.78, 5) is 16.5. The molecule has 5 heteroatoms. The average Bonchev–Trinajstić information content (AvgIpc) is 2.84. The van der Waals surface area contributed by atoms with Gasteiger partial charge in [-0.05, 0) is 18.2 Å². The molecule has 2 heterocycles. The number of furan rings is 1. The molecule has 0 saturated heterocycles. The quantitative estimate of drug-likeness (QED) is 0.732. The maximum Gasteiger partial charge on any atom is 0.289 e. The second-order valence-electron chi connectivity index (χ2n) is 4.37. The Hall–Kier alpha value is -1.94. The third-order valence-electron chi connectivity index (χ3n) is 2.84. The zero-order valence-corrected chi connectivity index (χ0v) is 10.7. The van der Waals surface area contributed by atoms with Crippen LogP contribution in [-0.4, -0.2) is 29.9 Å². The summed E-state index contributed by atoms with van der Waals surface area (Å²) in [6.45, 7) is 0. The van der Waals surface area contributed by atoms with E-state index in [1.54, 1.807) is 26.2 Å². The van der Waals surface area contributed by atoms with Crippen molar-refractivity contribution in [2.45, 2.75) is 0 Å². The van der Waals surface area contributed by atoms with Gasteiger partial charge in [-0.3, -0.25) is 4.79 Å². The summed E-state index contributed by atoms with van der Waals surface area (Å²) in [5.41, 5.74) is 2.39. The van der Waals surface area contributed by atoms with Gasteiger partial charge in [-0.25, -0.2) is 0 Å². The van der Waals surface area contributed by atoms with Crippen LogP contribution in [0.4, 0.5) is 0 Å². The molecule has 4 nitrogen and oxygen atoms in total. The van der Waals surface area contributed by atoms with Gasteiger partial charge in [-0.15, -0.1) is 0 Å². The maximum absolute atomic E-state index is 11.8. The molecule has 3 aromatic rings. The molecular formula is C13H11ClN2O2. The zero-order valence-electron chi connectivity index (χ0n) is 9.95. The minimum atomic E-state index is -0.151. The smallest absolute Gasteiger partial charge is 0.289 e. The number of nitrogens with one attached hydrogen (secondary N) is 1. The first-order valence-corrected chi connectivity index (χ1v) is 5.86. The molecule has 1 N–H and O–H groups in total. The van der Waals surface area contributed by atoms with Crippen molar-refractivity contribution >= 4 is 39.5 Å². The molecule has 3 rings (SSSR count). The number of carbonyl (C=O) groups is 1. The van der Waals surface area contributed by atoms with E-state index in [1.807, 2.05) is 12.1 Å². The van der Waals surface area contributed by atoms with Crippen molar-refractivity contribution in [3.05, 3.63) is 35.0 Å². The highest BCUT2D eigenvalue weighted by Gasteiger charge is 2.17. The van der Waals surface area contributed by atoms with Crippen LogP contribution in [0.3, 0.4) is 0 Å². The Balaban J connectivity index is 2.22. The lowest BCUT2D eigenvalue weighted by Gasteiger charge is -2.06. The SMILES string of the molecule is CN(C)C(=O)c1cc2[nH]c3cc(Cl)ccc3c2o1. The monoisotopic (exact) mass is 262 g/mol. The largest absolute Gasteiger partial charge is 0.449 e. The molecule has 0 unspecified atom stereocenters. The Labute approximate surface area is 108 Å². The topological polar surface area (TPSA) is 49.2 Å². The number of halogens is 1. The first kappa shape index (κ1) is 11.2. The van der Waals surface area contributed by atoms with E-state index in [4.69, 9.17) is 16.0 Å². The summed E-state index contributed by atoms with van der Waals surface area (Å²) < 4.78 is 5.62. The number of benzene rings is 1. The molecule has 0 aliphatic carbocycles. The Morgan fingerprint density at radius 3 is 2.78 bits per heavy atom. The Bertz CT molecular complexity index is 755. The summed E-state index contributed by atoms with van der Waals surface area (Å²) in [5.74, 6) is 0.180. The number of rotatable bonds is 1. The van der Waals surface area contributed by atoms with Crippen LogP contribution in [0.15, 0.2) is 28.7 Å². The molecular weight excluding hydrogens is 252 g/mol. The van der Waals surface area contributed by atoms with E-state index in [9.17, 15) is 4.79 Å². The van der Waals surface area contributed by atoms with Crippen molar-refractivity contribution < 1.29 is 9.21 Å². The van der Waals surface area contributed by atoms with Gasteiger partial charge in [-0.2, -0.15) is 0 Å². The molecule has 0 aliphatic rings. The summed E-state index contributed by atoms with van der Waals surface area (Å²) >= 11 is 5.93. The molecule has 1 amide bonds. The van der Waals surface area contributed by atoms with Crippen LogP contribution in [-0.2, 0) is 0 Å². The van der Waals surface area contributed by atoms with Gasteiger partial charge in [0.1, 0.15) is 0 Å². The van der Waals surface area contributed by atoms with Gasteiger partial charge in [0.15, 0.2) is 11.3 Å². The second-order valence-corrected chi connectivity index (χ2v) is 4.80. The number of aromatic nitrogens is 1. The summed E-state index contributed by atoms with van der Waals surface area (Å²) in [7, 11) is 3.38. The van der Waals surface area contributed by atoms with E-state index in [0.29, 0.717) is 16.4 Å². The van der Waals surface area contributed by atoms with Gasteiger partial charge in [0.05, 0.1) is 11.0 Å². The van der Waals surface area contributed by atoms with Crippen molar-refractivity contribution in [1.82, 2.24) is 9.88 Å². The maximum atomic E-state index is 11.8. The van der Waals surface area contributed by atoms with Crippen LogP contribution in [0.5, 0.6) is 0 Å². The van der Waals surface area contributed by atoms with Crippen LogP contribution in [0.1, 0.15) is 10.6 Å². The van der Waals surface area contributed by atoms with Crippen molar-refractivity contribution in [1.29, 1.82) is 0 Å². The molecule has 0 spiro atoms. The fourth-order valence-corrected chi connectivity index (χ4v) is 2.14. The highest BCUT2D eigenvalue weighted by atomic mass is 35.5. The lowest BCUT2D eigenvalue weighted by molar-refractivity contribution is 0.0799. The first-order chi connectivity index (χ1) is 8.56. The van der Waals surface area contributed by atoms with E-state index >= 15 is 0 Å². The zero-order chi connectivity index (χ0) is 12.9. The molecule has 0 radical (unpaired) electrons. The van der Waals surface area contributed by atoms with E-state index in [2.05, 4.69) is 4.98 Å². The van der Waals surface area contributed by atoms with Crippen LogP contribution < -0.4 is 0 Å². The van der Waals surface area contributed by atoms with E-state index < -0.39 is 0 Å². The number of aromatic amines is 1. The average molecular weight is 263 g/mol. The fraction of sp³-hybridized carbons (Fsp3) is 0.154. The number of hydrogen-bond donors (Lipinski definition) is 1. The van der Waals surface area contributed by atoms with Crippen molar-refractivity contribution in [3.63, 3.8) is 0 Å². The highest BCUT2D eigenvalue weighted by molar-refractivity contribution is 6.31. The van der Waals surface area contributed by atoms with Crippen molar-refractivity contribution in [2.75, 3.05) is 14.1 Å². The van der Waals surface area contributed by atoms with E-state index in [1.165, 1.54) is 4.90 Å². The normalized spacial score (nSPS) is 11.3. The van der Waals surface area contributed by atoms with Crippen molar-refractivity contribution in [3.8, 4) is 0 Å². The highest BCUT2D eigenvalue weighted by Crippen LogP contribution is 2.30. The minimum Gasteiger partial charge on any atom is -0.449 e. The number of amides is 1. The Morgan fingerprint density at radius 1 is 1.28 bits per heavy atom. The standard InChI is InChI=1S/C13H11ClN2O2/c1-16(2)13(17)11-6-10-12(18-11)8-4-3-7(14)5-9(8)15-10/h3-6,15H,1-2H3. The summed E-state index contributed by atoms with van der Waals surface area (Å²) in [5, 5.41) is 1.59. The lowest BCUT2D eigenvalue weighted by Crippen LogP contribution is -2.20. The molecule has 0 aliphatic heterocycles. The third-order valence-corrected chi connectivity index (χ3v) is 3.08. The minimum absolute atomic E-state index is 0.151. The van der Waals surface area contributed by atoms with Crippen LogP contribution >= 0.6 is 11.6 Å². The molecule has 1 aromatic carbocycles. The number of carbonyl (C=O) groups excluding carboxylic acids is 1. The van der Waals surface area contributed by atoms with Gasteiger partial charge in [-0.1, -0.05) is 11.6 Å². The van der Waals surface area contributed by atoms with Gasteiger partial charge in [0, 0.05) is 30.6 Å². The predicted octanol–water partition coefficient (Wildman–Crippen LogP) is 3.27. The number of nitrogens with zero attached hydrogens (tertiary/aromatic N) is 1. The van der Waals surface area contributed by atoms with Crippen LogP contribution in [0.25, 0.3) is 22.0 Å². The van der Waals surface area contributed by atoms with Gasteiger partial charge < -0.3 is 14.3 Å². The fourth-order valence-electron chi connectivity index (χ4n) is 1.97. The molecule has 0 saturated carbocycles. The molecule has 2 aromatic heterocycles. The number of fused-ring (bicyclic) bond motifs is 3. The molecule has 92 valence electrons. The van der Waals surface area contributed by atoms with E-state index in [0.717, 1.165) is 16.4 Å². The molecule has 0 bridgehead atoms. The van der Waals surface area contributed by atoms with Gasteiger partial charge in [0.2, 0.25) is 0 Å². The Morgan fingerprint density at radius 2 is 2.06 bits per heavy atom. The van der Waals surface area contributed by atoms with Gasteiger partial charge in [0.25, 0.3) is 5.91 Å².